The van der Waals surface area contributed by atoms with Crippen molar-refractivity contribution in [1.29, 1.82) is 0 Å². The molecule has 11 N–H and O–H groups in total. The molecule has 0 aromatic carbocycles. The van der Waals surface area contributed by atoms with Crippen molar-refractivity contribution in [2.24, 2.45) is 11.8 Å². The molecule has 362 valence electrons. The molecule has 4 heterocycles. The van der Waals surface area contributed by atoms with Gasteiger partial charge in [0.25, 0.3) is 0 Å². The average molecular weight is 949 g/mol. The summed E-state index contributed by atoms with van der Waals surface area (Å²) in [5.74, 6) is -6.12. The predicted octanol–water partition coefficient (Wildman–Crippen LogP) is -4.36. The molecule has 62 heavy (non-hydrogen) atoms. The minimum Gasteiger partial charge on any atom is -0.479 e. The molecule has 20 atom stereocenters. The normalized spacial score (nSPS) is 42.1. The van der Waals surface area contributed by atoms with Crippen LogP contribution in [0.5, 0.6) is 0 Å². The van der Waals surface area contributed by atoms with Crippen LogP contribution in [-0.2, 0) is 76.6 Å². The molecule has 0 spiro atoms. The number of hydrogen-bond acceptors (Lipinski definition) is 23. The molecule has 20 unspecified atom stereocenters. The second-order valence-electron chi connectivity index (χ2n) is 15.3. The van der Waals surface area contributed by atoms with Gasteiger partial charge in [0, 0.05) is 18.4 Å². The van der Waals surface area contributed by atoms with Crippen LogP contribution >= 0.6 is 0 Å². The molecule has 27 nitrogen and oxygen atoms in total. The summed E-state index contributed by atoms with van der Waals surface area (Å²) in [6.07, 6.45) is -31.0. The Labute approximate surface area is 355 Å². The fraction of sp³-hybridized carbons (Fsp3) is 0.939. The first-order valence-corrected chi connectivity index (χ1v) is 22.2. The van der Waals surface area contributed by atoms with E-state index in [2.05, 4.69) is 8.37 Å². The van der Waals surface area contributed by atoms with Crippen LogP contribution in [0.2, 0.25) is 0 Å². The first kappa shape index (κ1) is 52.7. The van der Waals surface area contributed by atoms with E-state index in [0.29, 0.717) is 6.42 Å². The van der Waals surface area contributed by atoms with Crippen LogP contribution in [0.4, 0.5) is 0 Å². The second-order valence-corrected chi connectivity index (χ2v) is 17.5. The van der Waals surface area contributed by atoms with Crippen molar-refractivity contribution in [3.63, 3.8) is 0 Å². The number of aliphatic carboxylic acids is 2. The van der Waals surface area contributed by atoms with E-state index in [-0.39, 0.29) is 6.61 Å². The molecule has 4 aliphatic heterocycles. The highest BCUT2D eigenvalue weighted by Gasteiger charge is 2.56. The molecular weight excluding hydrogens is 892 g/mol. The zero-order valence-corrected chi connectivity index (χ0v) is 35.1. The van der Waals surface area contributed by atoms with Crippen LogP contribution in [0.3, 0.4) is 0 Å². The Morgan fingerprint density at radius 2 is 0.952 bits per heavy atom. The highest BCUT2D eigenvalue weighted by Crippen LogP contribution is 2.37. The van der Waals surface area contributed by atoms with Crippen molar-refractivity contribution < 1.29 is 128 Å². The molecule has 0 amide bonds. The Morgan fingerprint density at radius 3 is 1.45 bits per heavy atom. The lowest BCUT2D eigenvalue weighted by molar-refractivity contribution is -0.376. The summed E-state index contributed by atoms with van der Waals surface area (Å²) < 4.78 is 117. The van der Waals surface area contributed by atoms with Gasteiger partial charge in [-0.3, -0.25) is 9.11 Å². The predicted molar refractivity (Wildman–Crippen MR) is 195 cm³/mol. The van der Waals surface area contributed by atoms with E-state index < -0.39 is 168 Å². The smallest absolute Gasteiger partial charge is 0.397 e. The van der Waals surface area contributed by atoms with Crippen molar-refractivity contribution in [3.8, 4) is 0 Å². The molecule has 0 saturated carbocycles. The summed E-state index contributed by atoms with van der Waals surface area (Å²) in [5, 5.41) is 96.4. The molecule has 0 aromatic heterocycles. The molecule has 0 aliphatic carbocycles. The minimum atomic E-state index is -5.25. The van der Waals surface area contributed by atoms with Gasteiger partial charge in [-0.25, -0.2) is 18.0 Å². The fourth-order valence-corrected chi connectivity index (χ4v) is 7.79. The van der Waals surface area contributed by atoms with Crippen LogP contribution in [0.15, 0.2) is 0 Å². The maximum atomic E-state index is 12.4. The topological polar surface area (TPSA) is 417 Å². The summed E-state index contributed by atoms with van der Waals surface area (Å²) in [6, 6.07) is 0. The lowest BCUT2D eigenvalue weighted by Gasteiger charge is -2.49. The van der Waals surface area contributed by atoms with Gasteiger partial charge >= 0.3 is 32.7 Å². The standard InChI is InChI=1S/C33H56O27S2/c1-4-5-6-7-8-9-51-32-21(39)19(37)24(26(59-32)28(41)42)58-31-13(3)17(35)23(15(55-31)11-53-62(48,49)50)56-33-22(40)20(38)25(27(60-33)29(43)44)57-30-12(2)16(34)18(36)14(54-30)10-52-61(45,46)47/h12-27,30-40H,4-11H2,1-3H3,(H,41,42)(H,43,44)(H,45,46,47)(H,48,49,50). The highest BCUT2D eigenvalue weighted by molar-refractivity contribution is 7.81. The Morgan fingerprint density at radius 1 is 0.516 bits per heavy atom. The van der Waals surface area contributed by atoms with Crippen LogP contribution in [0.1, 0.15) is 52.9 Å². The average Bonchev–Trinajstić information content (AvgIpc) is 3.18. The molecule has 0 bridgehead atoms. The van der Waals surface area contributed by atoms with Crippen LogP contribution < -0.4 is 0 Å². The second kappa shape index (κ2) is 22.5. The van der Waals surface area contributed by atoms with Crippen molar-refractivity contribution >= 4 is 32.7 Å². The molecule has 4 fully saturated rings. The van der Waals surface area contributed by atoms with Crippen molar-refractivity contribution in [2.45, 2.75) is 163 Å². The van der Waals surface area contributed by atoms with E-state index in [1.807, 2.05) is 6.92 Å². The SMILES string of the molecule is CCCCCCCOC1OC(C(=O)O)C(OC2OC(COS(=O)(=O)O)C(OC3OC(C(=O)O)C(OC4OC(COS(=O)(=O)O)C(O)C(O)C4C)C(O)C3O)C(O)C2C)C(O)C1O. The lowest BCUT2D eigenvalue weighted by atomic mass is 9.91. The quantitative estimate of drug-likeness (QED) is 0.0382. The highest BCUT2D eigenvalue weighted by atomic mass is 32.3. The number of unbranched alkanes of at least 4 members (excludes halogenated alkanes) is 4. The number of hydrogen-bond donors (Lipinski definition) is 11. The first-order chi connectivity index (χ1) is 28.9. The van der Waals surface area contributed by atoms with Gasteiger partial charge in [0.05, 0.1) is 25.4 Å². The fourth-order valence-electron chi connectivity index (χ4n) is 7.18. The number of carboxylic acid groups (broad SMARTS) is 2. The Hall–Kier alpha value is -1.92. The lowest BCUT2D eigenvalue weighted by Crippen LogP contribution is -2.66. The largest absolute Gasteiger partial charge is 0.479 e. The number of aliphatic hydroxyl groups excluding tert-OH is 7. The zero-order valence-electron chi connectivity index (χ0n) is 33.5. The summed E-state index contributed by atoms with van der Waals surface area (Å²) in [4.78, 5) is 24.7. The maximum Gasteiger partial charge on any atom is 0.397 e. The van der Waals surface area contributed by atoms with Gasteiger partial charge in [0.2, 0.25) is 0 Å². The minimum absolute atomic E-state index is 0.0562. The summed E-state index contributed by atoms with van der Waals surface area (Å²) >= 11 is 0. The van der Waals surface area contributed by atoms with Gasteiger partial charge < -0.3 is 83.9 Å². The molecule has 0 aromatic rings. The molecular formula is C33H56O27S2. The first-order valence-electron chi connectivity index (χ1n) is 19.5. The van der Waals surface area contributed by atoms with E-state index in [9.17, 15) is 76.9 Å². The maximum absolute atomic E-state index is 12.4. The van der Waals surface area contributed by atoms with Gasteiger partial charge in [-0.15, -0.1) is 0 Å². The van der Waals surface area contributed by atoms with Crippen LogP contribution in [-0.4, -0.2) is 214 Å². The molecule has 29 heteroatoms. The Balaban J connectivity index is 1.51. The number of rotatable bonds is 21. The third-order valence-corrected chi connectivity index (χ3v) is 11.6. The van der Waals surface area contributed by atoms with Crippen molar-refractivity contribution in [1.82, 2.24) is 0 Å². The van der Waals surface area contributed by atoms with E-state index in [4.69, 9.17) is 42.4 Å². The summed E-state index contributed by atoms with van der Waals surface area (Å²) in [6.45, 7) is 2.30. The number of carbonyl (C=O) groups is 2. The van der Waals surface area contributed by atoms with Crippen molar-refractivity contribution in [3.05, 3.63) is 0 Å². The molecule has 0 radical (unpaired) electrons. The van der Waals surface area contributed by atoms with Gasteiger partial charge in [-0.05, 0) is 6.42 Å². The van der Waals surface area contributed by atoms with Crippen LogP contribution in [0.25, 0.3) is 0 Å². The third kappa shape index (κ3) is 13.6. The zero-order chi connectivity index (χ0) is 46.4. The van der Waals surface area contributed by atoms with Gasteiger partial charge in [-0.2, -0.15) is 16.8 Å². The van der Waals surface area contributed by atoms with E-state index in [0.717, 1.165) is 25.7 Å². The Bertz CT molecular complexity index is 1670. The number of carboxylic acids is 2. The van der Waals surface area contributed by atoms with Crippen molar-refractivity contribution in [2.75, 3.05) is 19.8 Å². The third-order valence-electron chi connectivity index (χ3n) is 10.7. The monoisotopic (exact) mass is 948 g/mol. The summed E-state index contributed by atoms with van der Waals surface area (Å²) in [5.41, 5.74) is 0. The molecule has 4 aliphatic rings. The van der Waals surface area contributed by atoms with Gasteiger partial charge in [0.1, 0.15) is 61.0 Å². The number of aliphatic hydroxyl groups is 7. The molecule has 4 rings (SSSR count). The van der Waals surface area contributed by atoms with Gasteiger partial charge in [0.15, 0.2) is 37.4 Å². The van der Waals surface area contributed by atoms with E-state index in [1.165, 1.54) is 13.8 Å². The molecule has 4 saturated heterocycles. The van der Waals surface area contributed by atoms with Gasteiger partial charge in [-0.1, -0.05) is 46.5 Å². The van der Waals surface area contributed by atoms with Crippen LogP contribution in [0, 0.1) is 11.8 Å². The summed E-state index contributed by atoms with van der Waals surface area (Å²) in [7, 11) is -10.3. The Kier molecular flexibility index (Phi) is 19.1. The van der Waals surface area contributed by atoms with E-state index in [1.54, 1.807) is 0 Å². The van der Waals surface area contributed by atoms with E-state index >= 15 is 0 Å². The number of ether oxygens (including phenoxy) is 8.